The number of fused-ring (bicyclic) bond motifs is 1. The van der Waals surface area contributed by atoms with E-state index in [0.29, 0.717) is 0 Å². The molecule has 21 heavy (non-hydrogen) atoms. The van der Waals surface area contributed by atoms with E-state index in [1.807, 2.05) is 12.3 Å². The highest BCUT2D eigenvalue weighted by atomic mass is 15.2. The predicted octanol–water partition coefficient (Wildman–Crippen LogP) is 4.35. The molecule has 3 heteroatoms. The van der Waals surface area contributed by atoms with Gasteiger partial charge in [-0.15, -0.1) is 0 Å². The van der Waals surface area contributed by atoms with Gasteiger partial charge in [0.25, 0.3) is 0 Å². The molecule has 0 aliphatic heterocycles. The van der Waals surface area contributed by atoms with E-state index in [1.54, 1.807) is 0 Å². The molecule has 2 atom stereocenters. The van der Waals surface area contributed by atoms with E-state index in [0.717, 1.165) is 17.9 Å². The zero-order valence-electron chi connectivity index (χ0n) is 13.2. The molecule has 3 nitrogen and oxygen atoms in total. The maximum Gasteiger partial charge on any atom is 0.0705 e. The Bertz CT molecular complexity index is 548. The molecular formula is C18H27N3. The van der Waals surface area contributed by atoms with E-state index in [2.05, 4.69) is 48.5 Å². The molecule has 2 aromatic rings. The average molecular weight is 285 g/mol. The highest BCUT2D eigenvalue weighted by Gasteiger charge is 2.17. The van der Waals surface area contributed by atoms with Crippen molar-refractivity contribution in [3.8, 4) is 0 Å². The maximum absolute atomic E-state index is 5.86. The average Bonchev–Trinajstić information content (AvgIpc) is 2.55. The number of nitrogens with one attached hydrogen (secondary N) is 1. The maximum atomic E-state index is 5.86. The zero-order chi connectivity index (χ0) is 15.1. The molecule has 0 aliphatic rings. The number of hydrogen-bond acceptors (Lipinski definition) is 3. The van der Waals surface area contributed by atoms with Gasteiger partial charge in [0.15, 0.2) is 0 Å². The number of nitrogens with zero attached hydrogens (tertiary/aromatic N) is 1. The summed E-state index contributed by atoms with van der Waals surface area (Å²) < 4.78 is 0. The minimum atomic E-state index is 0.194. The van der Waals surface area contributed by atoms with Gasteiger partial charge in [0, 0.05) is 17.6 Å². The Labute approximate surface area is 127 Å². The van der Waals surface area contributed by atoms with Crippen molar-refractivity contribution in [3.63, 3.8) is 0 Å². The number of rotatable bonds is 8. The minimum Gasteiger partial charge on any atom is -0.271 e. The molecule has 1 aromatic carbocycles. The van der Waals surface area contributed by atoms with Gasteiger partial charge in [-0.05, 0) is 30.0 Å². The summed E-state index contributed by atoms with van der Waals surface area (Å²) in [6, 6.07) is 10.6. The summed E-state index contributed by atoms with van der Waals surface area (Å²) in [6.45, 7) is 4.53. The topological polar surface area (TPSA) is 50.9 Å². The van der Waals surface area contributed by atoms with Gasteiger partial charge in [-0.25, -0.2) is 0 Å². The van der Waals surface area contributed by atoms with Crippen molar-refractivity contribution in [3.05, 3.63) is 42.1 Å². The van der Waals surface area contributed by atoms with Crippen LogP contribution in [0.15, 0.2) is 36.5 Å². The molecule has 114 valence electrons. The number of aromatic nitrogens is 1. The van der Waals surface area contributed by atoms with Crippen LogP contribution >= 0.6 is 0 Å². The molecule has 3 N–H and O–H groups in total. The quantitative estimate of drug-likeness (QED) is 0.560. The van der Waals surface area contributed by atoms with Crippen LogP contribution in [0, 0.1) is 5.92 Å². The second kappa shape index (κ2) is 8.11. The van der Waals surface area contributed by atoms with Gasteiger partial charge in [0.1, 0.15) is 0 Å². The molecule has 0 saturated carbocycles. The number of hydrazine groups is 1. The first-order chi connectivity index (χ1) is 10.3. The first-order valence-corrected chi connectivity index (χ1v) is 8.09. The largest absolute Gasteiger partial charge is 0.271 e. The van der Waals surface area contributed by atoms with Gasteiger partial charge < -0.3 is 0 Å². The standard InChI is InChI=1S/C18H27N3/c1-3-5-8-14(4-2)13-18(21-19)16-11-12-20-17-10-7-6-9-15(16)17/h6-7,9-12,14,18,21H,3-5,8,13,19H2,1-2H3. The lowest BCUT2D eigenvalue weighted by Gasteiger charge is -2.23. The molecule has 0 radical (unpaired) electrons. The fraction of sp³-hybridized carbons (Fsp3) is 0.500. The summed E-state index contributed by atoms with van der Waals surface area (Å²) in [4.78, 5) is 4.44. The Balaban J connectivity index is 2.22. The lowest BCUT2D eigenvalue weighted by atomic mass is 9.88. The molecule has 1 heterocycles. The molecular weight excluding hydrogens is 258 g/mol. The van der Waals surface area contributed by atoms with Crippen molar-refractivity contribution in [1.29, 1.82) is 0 Å². The highest BCUT2D eigenvalue weighted by Crippen LogP contribution is 2.29. The van der Waals surface area contributed by atoms with Crippen LogP contribution in [-0.4, -0.2) is 4.98 Å². The highest BCUT2D eigenvalue weighted by molar-refractivity contribution is 5.82. The molecule has 0 bridgehead atoms. The molecule has 0 spiro atoms. The Kier molecular flexibility index (Phi) is 6.15. The van der Waals surface area contributed by atoms with Crippen molar-refractivity contribution in [2.24, 2.45) is 11.8 Å². The van der Waals surface area contributed by atoms with Gasteiger partial charge in [0.05, 0.1) is 5.52 Å². The van der Waals surface area contributed by atoms with Gasteiger partial charge in [-0.3, -0.25) is 16.3 Å². The molecule has 2 unspecified atom stereocenters. The molecule has 0 aliphatic carbocycles. The van der Waals surface area contributed by atoms with Crippen LogP contribution in [0.5, 0.6) is 0 Å². The van der Waals surface area contributed by atoms with Crippen LogP contribution < -0.4 is 11.3 Å². The summed E-state index contributed by atoms with van der Waals surface area (Å²) in [7, 11) is 0. The second-order valence-corrected chi connectivity index (χ2v) is 5.79. The number of nitrogens with two attached hydrogens (primary N) is 1. The summed E-state index contributed by atoms with van der Waals surface area (Å²) in [6.07, 6.45) is 8.02. The fourth-order valence-corrected chi connectivity index (χ4v) is 3.02. The third-order valence-corrected chi connectivity index (χ3v) is 4.37. The van der Waals surface area contributed by atoms with Crippen LogP contribution in [0.4, 0.5) is 0 Å². The first kappa shape index (κ1) is 15.9. The van der Waals surface area contributed by atoms with E-state index in [9.17, 15) is 0 Å². The molecule has 0 saturated heterocycles. The van der Waals surface area contributed by atoms with Crippen molar-refractivity contribution >= 4 is 10.9 Å². The monoisotopic (exact) mass is 285 g/mol. The van der Waals surface area contributed by atoms with E-state index >= 15 is 0 Å². The summed E-state index contributed by atoms with van der Waals surface area (Å²) >= 11 is 0. The molecule has 0 amide bonds. The van der Waals surface area contributed by atoms with Crippen LogP contribution in [0.25, 0.3) is 10.9 Å². The third kappa shape index (κ3) is 4.02. The molecule has 1 aromatic heterocycles. The van der Waals surface area contributed by atoms with Crippen LogP contribution in [0.3, 0.4) is 0 Å². The third-order valence-electron chi connectivity index (χ3n) is 4.37. The molecule has 0 fully saturated rings. The van der Waals surface area contributed by atoms with Crippen LogP contribution in [-0.2, 0) is 0 Å². The van der Waals surface area contributed by atoms with E-state index < -0.39 is 0 Å². The van der Waals surface area contributed by atoms with Crippen molar-refractivity contribution < 1.29 is 0 Å². The zero-order valence-corrected chi connectivity index (χ0v) is 13.2. The van der Waals surface area contributed by atoms with Gasteiger partial charge in [-0.1, -0.05) is 57.7 Å². The smallest absolute Gasteiger partial charge is 0.0705 e. The number of hydrogen-bond donors (Lipinski definition) is 2. The Morgan fingerprint density at radius 3 is 2.71 bits per heavy atom. The molecule has 2 rings (SSSR count). The van der Waals surface area contributed by atoms with Crippen LogP contribution in [0.2, 0.25) is 0 Å². The lowest BCUT2D eigenvalue weighted by Crippen LogP contribution is -2.30. The predicted molar refractivity (Wildman–Crippen MR) is 89.7 cm³/mol. The van der Waals surface area contributed by atoms with Gasteiger partial charge >= 0.3 is 0 Å². The first-order valence-electron chi connectivity index (χ1n) is 8.09. The number of pyridine rings is 1. The van der Waals surface area contributed by atoms with Gasteiger partial charge in [0.2, 0.25) is 0 Å². The van der Waals surface area contributed by atoms with Crippen molar-refractivity contribution in [1.82, 2.24) is 10.4 Å². The second-order valence-electron chi connectivity index (χ2n) is 5.79. The van der Waals surface area contributed by atoms with Gasteiger partial charge in [-0.2, -0.15) is 0 Å². The minimum absolute atomic E-state index is 0.194. The van der Waals surface area contributed by atoms with Crippen molar-refractivity contribution in [2.45, 2.75) is 52.0 Å². The van der Waals surface area contributed by atoms with Crippen LogP contribution in [0.1, 0.15) is 57.6 Å². The van der Waals surface area contributed by atoms with E-state index in [4.69, 9.17) is 5.84 Å². The number of para-hydroxylation sites is 1. The Hall–Kier alpha value is -1.45. The lowest BCUT2D eigenvalue weighted by molar-refractivity contribution is 0.357. The Morgan fingerprint density at radius 1 is 1.19 bits per heavy atom. The van der Waals surface area contributed by atoms with E-state index in [-0.39, 0.29) is 6.04 Å². The fourth-order valence-electron chi connectivity index (χ4n) is 3.02. The van der Waals surface area contributed by atoms with E-state index in [1.165, 1.54) is 36.6 Å². The summed E-state index contributed by atoms with van der Waals surface area (Å²) in [5.74, 6) is 6.58. The number of benzene rings is 1. The normalized spacial score (nSPS) is 14.2. The SMILES string of the molecule is CCCCC(CC)CC(NN)c1ccnc2ccccc12. The number of unbranched alkanes of at least 4 members (excludes halogenated alkanes) is 1. The summed E-state index contributed by atoms with van der Waals surface area (Å²) in [5, 5.41) is 1.20. The summed E-state index contributed by atoms with van der Waals surface area (Å²) in [5.41, 5.74) is 5.32. The Morgan fingerprint density at radius 2 is 2.00 bits per heavy atom. The van der Waals surface area contributed by atoms with Crippen molar-refractivity contribution in [2.75, 3.05) is 0 Å².